The van der Waals surface area contributed by atoms with Gasteiger partial charge in [-0.3, -0.25) is 0 Å². The van der Waals surface area contributed by atoms with Gasteiger partial charge in [0.25, 0.3) is 0 Å². The van der Waals surface area contributed by atoms with Gasteiger partial charge in [0, 0.05) is 0 Å². The highest BCUT2D eigenvalue weighted by molar-refractivity contribution is 7.80. The molecule has 0 unspecified atom stereocenters. The van der Waals surface area contributed by atoms with Crippen molar-refractivity contribution in [3.8, 4) is 0 Å². The Balaban J connectivity index is 3.05. The van der Waals surface area contributed by atoms with Gasteiger partial charge < -0.3 is 0 Å². The molecule has 0 nitrogen and oxygen atoms in total. The van der Waals surface area contributed by atoms with Gasteiger partial charge in [-0.1, -0.05) is 322 Å². The van der Waals surface area contributed by atoms with Crippen LogP contribution >= 0.6 is 12.6 Å². The molecule has 0 aliphatic carbocycles. The fourth-order valence-corrected chi connectivity index (χ4v) is 8.89. The Morgan fingerprint density at radius 2 is 0.245 bits per heavy atom. The first-order valence-corrected chi connectivity index (χ1v) is 26.7. The summed E-state index contributed by atoms with van der Waals surface area (Å²) in [5.41, 5.74) is 0. The van der Waals surface area contributed by atoms with Crippen LogP contribution in [0.5, 0.6) is 0 Å². The van der Waals surface area contributed by atoms with Crippen LogP contribution in [0, 0.1) is 0 Å². The van der Waals surface area contributed by atoms with Gasteiger partial charge in [-0.25, -0.2) is 0 Å². The van der Waals surface area contributed by atoms with Crippen molar-refractivity contribution in [2.75, 3.05) is 5.75 Å². The predicted molar refractivity (Wildman–Crippen MR) is 250 cm³/mol. The average molecular weight is 763 g/mol. The van der Waals surface area contributed by atoms with Gasteiger partial charge in [-0.2, -0.15) is 12.6 Å². The molecule has 1 heteroatoms. The molecule has 0 amide bonds. The van der Waals surface area contributed by atoms with Crippen molar-refractivity contribution in [3.05, 3.63) is 0 Å². The second-order valence-electron chi connectivity index (χ2n) is 18.0. The van der Waals surface area contributed by atoms with E-state index in [1.807, 2.05) is 0 Å². The quantitative estimate of drug-likeness (QED) is 0.0463. The van der Waals surface area contributed by atoms with E-state index in [0.717, 1.165) is 5.75 Å². The summed E-state index contributed by atoms with van der Waals surface area (Å²) in [6, 6.07) is 0. The van der Waals surface area contributed by atoms with E-state index >= 15 is 0 Å². The van der Waals surface area contributed by atoms with Crippen LogP contribution in [0.4, 0.5) is 0 Å². The summed E-state index contributed by atoms with van der Waals surface area (Å²) in [5, 5.41) is 0. The van der Waals surface area contributed by atoms with Crippen LogP contribution in [-0.2, 0) is 0 Å². The molecule has 0 rings (SSSR count). The summed E-state index contributed by atoms with van der Waals surface area (Å²) in [6.45, 7) is 2.31. The minimum absolute atomic E-state index is 1.07. The Hall–Kier alpha value is 0.350. The monoisotopic (exact) mass is 763 g/mol. The Labute approximate surface area is 345 Å². The molecule has 0 aliphatic heterocycles. The summed E-state index contributed by atoms with van der Waals surface area (Å²) in [7, 11) is 0. The topological polar surface area (TPSA) is 0 Å². The maximum atomic E-state index is 4.30. The van der Waals surface area contributed by atoms with Crippen molar-refractivity contribution in [2.45, 2.75) is 328 Å². The largest absolute Gasteiger partial charge is 0.179 e. The molecule has 0 fully saturated rings. The number of hydrogen-bond donors (Lipinski definition) is 1. The molecule has 320 valence electrons. The Morgan fingerprint density at radius 3 is 0.340 bits per heavy atom. The fourth-order valence-electron chi connectivity index (χ4n) is 8.67. The van der Waals surface area contributed by atoms with E-state index in [0.29, 0.717) is 0 Å². The van der Waals surface area contributed by atoms with Gasteiger partial charge in [0.05, 0.1) is 0 Å². The number of rotatable bonds is 50. The lowest BCUT2D eigenvalue weighted by molar-refractivity contribution is 0.508. The van der Waals surface area contributed by atoms with Gasteiger partial charge in [0.1, 0.15) is 0 Å². The summed E-state index contributed by atoms with van der Waals surface area (Å²) in [6.07, 6.45) is 74.0. The van der Waals surface area contributed by atoms with Crippen LogP contribution in [0.1, 0.15) is 328 Å². The SMILES string of the molecule is CCCCCCCCCCCCCCCCCCCCCCCCCCCCCCCCCCCCCCCCCCCCCCCCCCCCS. The zero-order chi connectivity index (χ0) is 38.1. The second-order valence-corrected chi connectivity index (χ2v) is 18.5. The van der Waals surface area contributed by atoms with E-state index in [1.165, 1.54) is 321 Å². The van der Waals surface area contributed by atoms with Crippen LogP contribution in [0.15, 0.2) is 0 Å². The van der Waals surface area contributed by atoms with Gasteiger partial charge in [-0.05, 0) is 12.2 Å². The minimum atomic E-state index is 1.07. The van der Waals surface area contributed by atoms with Gasteiger partial charge >= 0.3 is 0 Å². The van der Waals surface area contributed by atoms with Crippen LogP contribution in [0.25, 0.3) is 0 Å². The smallest absolute Gasteiger partial charge is 0.00979 e. The third kappa shape index (κ3) is 52.4. The van der Waals surface area contributed by atoms with Crippen molar-refractivity contribution in [3.63, 3.8) is 0 Å². The average Bonchev–Trinajstić information content (AvgIpc) is 3.17. The van der Waals surface area contributed by atoms with Crippen LogP contribution in [-0.4, -0.2) is 5.75 Å². The molecule has 0 saturated heterocycles. The zero-order valence-corrected chi connectivity index (χ0v) is 38.4. The van der Waals surface area contributed by atoms with Crippen LogP contribution in [0.2, 0.25) is 0 Å². The predicted octanol–water partition coefficient (Wildman–Crippen LogP) is 20.4. The first-order valence-electron chi connectivity index (χ1n) is 26.0. The van der Waals surface area contributed by atoms with Gasteiger partial charge in [-0.15, -0.1) is 0 Å². The summed E-state index contributed by atoms with van der Waals surface area (Å²) in [4.78, 5) is 0. The molecule has 0 aliphatic rings. The number of hydrogen-bond acceptors (Lipinski definition) is 1. The zero-order valence-electron chi connectivity index (χ0n) is 37.5. The Bertz CT molecular complexity index is 536. The lowest BCUT2D eigenvalue weighted by Crippen LogP contribution is -1.85. The van der Waals surface area contributed by atoms with Gasteiger partial charge in [0.15, 0.2) is 0 Å². The highest BCUT2D eigenvalue weighted by Crippen LogP contribution is 2.19. The first kappa shape index (κ1) is 53.4. The second kappa shape index (κ2) is 52.3. The lowest BCUT2D eigenvalue weighted by Gasteiger charge is -2.05. The lowest BCUT2D eigenvalue weighted by atomic mass is 10.0. The van der Waals surface area contributed by atoms with E-state index in [4.69, 9.17) is 0 Å². The number of thiol groups is 1. The molecule has 0 radical (unpaired) electrons. The molecular weight excluding hydrogens is 657 g/mol. The van der Waals surface area contributed by atoms with Crippen LogP contribution in [0.3, 0.4) is 0 Å². The van der Waals surface area contributed by atoms with E-state index in [9.17, 15) is 0 Å². The fraction of sp³-hybridized carbons (Fsp3) is 1.00. The van der Waals surface area contributed by atoms with Crippen molar-refractivity contribution in [1.82, 2.24) is 0 Å². The molecule has 0 saturated carbocycles. The maximum Gasteiger partial charge on any atom is -0.00979 e. The molecule has 0 heterocycles. The molecule has 0 N–H and O–H groups in total. The van der Waals surface area contributed by atoms with Crippen LogP contribution < -0.4 is 0 Å². The minimum Gasteiger partial charge on any atom is -0.179 e. The van der Waals surface area contributed by atoms with E-state index in [1.54, 1.807) is 0 Å². The maximum absolute atomic E-state index is 4.30. The van der Waals surface area contributed by atoms with E-state index < -0.39 is 0 Å². The van der Waals surface area contributed by atoms with Crippen molar-refractivity contribution < 1.29 is 0 Å². The normalized spacial score (nSPS) is 11.7. The summed E-state index contributed by atoms with van der Waals surface area (Å²) in [5.74, 6) is 1.07. The van der Waals surface area contributed by atoms with Crippen molar-refractivity contribution >= 4 is 12.6 Å². The van der Waals surface area contributed by atoms with E-state index in [2.05, 4.69) is 19.6 Å². The molecule has 0 aromatic heterocycles. The molecule has 53 heavy (non-hydrogen) atoms. The molecule has 0 spiro atoms. The van der Waals surface area contributed by atoms with E-state index in [-0.39, 0.29) is 0 Å². The molecule has 0 aromatic rings. The molecule has 0 bridgehead atoms. The third-order valence-corrected chi connectivity index (χ3v) is 12.8. The van der Waals surface area contributed by atoms with Crippen molar-refractivity contribution in [1.29, 1.82) is 0 Å². The Kier molecular flexibility index (Phi) is 52.7. The Morgan fingerprint density at radius 1 is 0.151 bits per heavy atom. The number of unbranched alkanes of at least 4 members (excludes halogenated alkanes) is 49. The summed E-state index contributed by atoms with van der Waals surface area (Å²) >= 11 is 4.30. The van der Waals surface area contributed by atoms with Gasteiger partial charge in [0.2, 0.25) is 0 Å². The highest BCUT2D eigenvalue weighted by Gasteiger charge is 1.99. The first-order chi connectivity index (χ1) is 26.4. The molecular formula is C52H106S. The van der Waals surface area contributed by atoms with Crippen molar-refractivity contribution in [2.24, 2.45) is 0 Å². The standard InChI is InChI=1S/C52H106S/c1-2-3-4-5-6-7-8-9-10-11-12-13-14-15-16-17-18-19-20-21-22-23-24-25-26-27-28-29-30-31-32-33-34-35-36-37-38-39-40-41-42-43-44-45-46-47-48-49-50-51-52-53/h53H,2-52H2,1H3. The summed E-state index contributed by atoms with van der Waals surface area (Å²) < 4.78 is 0. The highest BCUT2D eigenvalue weighted by atomic mass is 32.1. The third-order valence-electron chi connectivity index (χ3n) is 12.5. The molecule has 0 aromatic carbocycles. The molecule has 0 atom stereocenters.